The standard InChI is InChI=1S/C20H27N3O2S2/c1-12-8-9-14-15(10-12)27-19-17(14)18(25)21-20(22-19)26-11-16(24)23(2)13-6-4-3-5-7-13/h12-13H,3-11H2,1-2H3,(H,21,22,25)/t12-/m1/s1. The van der Waals surface area contributed by atoms with Crippen molar-refractivity contribution < 1.29 is 4.79 Å². The fraction of sp³-hybridized carbons (Fsp3) is 0.650. The number of amides is 1. The number of thioether (sulfide) groups is 1. The number of fused-ring (bicyclic) bond motifs is 3. The van der Waals surface area contributed by atoms with E-state index in [1.165, 1.54) is 41.5 Å². The van der Waals surface area contributed by atoms with Crippen molar-refractivity contribution >= 4 is 39.2 Å². The van der Waals surface area contributed by atoms with Gasteiger partial charge in [-0.1, -0.05) is 37.9 Å². The summed E-state index contributed by atoms with van der Waals surface area (Å²) >= 11 is 3.00. The number of thiophene rings is 1. The van der Waals surface area contributed by atoms with Gasteiger partial charge in [0, 0.05) is 18.0 Å². The fourth-order valence-electron chi connectivity index (χ4n) is 4.30. The number of H-pyrrole nitrogens is 1. The van der Waals surface area contributed by atoms with Crippen LogP contribution in [0, 0.1) is 5.92 Å². The zero-order valence-corrected chi connectivity index (χ0v) is 17.7. The lowest BCUT2D eigenvalue weighted by atomic mass is 9.89. The molecule has 0 radical (unpaired) electrons. The van der Waals surface area contributed by atoms with Gasteiger partial charge in [0.05, 0.1) is 11.1 Å². The van der Waals surface area contributed by atoms with Crippen molar-refractivity contribution in [2.75, 3.05) is 12.8 Å². The lowest BCUT2D eigenvalue weighted by Crippen LogP contribution is -2.39. The highest BCUT2D eigenvalue weighted by molar-refractivity contribution is 7.99. The minimum atomic E-state index is -0.0531. The molecule has 27 heavy (non-hydrogen) atoms. The van der Waals surface area contributed by atoms with E-state index in [1.54, 1.807) is 11.3 Å². The number of nitrogens with zero attached hydrogens (tertiary/aromatic N) is 2. The molecule has 2 aliphatic rings. The zero-order chi connectivity index (χ0) is 19.0. The van der Waals surface area contributed by atoms with Crippen molar-refractivity contribution in [3.63, 3.8) is 0 Å². The summed E-state index contributed by atoms with van der Waals surface area (Å²) in [6.07, 6.45) is 9.06. The number of aromatic amines is 1. The third-order valence-electron chi connectivity index (χ3n) is 5.99. The molecule has 2 aromatic heterocycles. The quantitative estimate of drug-likeness (QED) is 0.617. The first kappa shape index (κ1) is 19.0. The Kier molecular flexibility index (Phi) is 5.60. The number of rotatable bonds is 4. The van der Waals surface area contributed by atoms with Crippen LogP contribution in [0.2, 0.25) is 0 Å². The SMILES string of the molecule is C[C@@H]1CCc2c(sc3nc(SCC(=O)N(C)C4CCCCC4)[nH]c(=O)c23)C1. The molecular weight excluding hydrogens is 378 g/mol. The lowest BCUT2D eigenvalue weighted by molar-refractivity contribution is -0.129. The second-order valence-electron chi connectivity index (χ2n) is 7.99. The summed E-state index contributed by atoms with van der Waals surface area (Å²) in [5.41, 5.74) is 1.15. The number of nitrogens with one attached hydrogen (secondary N) is 1. The van der Waals surface area contributed by atoms with Gasteiger partial charge in [-0.05, 0) is 43.6 Å². The van der Waals surface area contributed by atoms with Crippen molar-refractivity contribution in [1.29, 1.82) is 0 Å². The second kappa shape index (κ2) is 7.95. The van der Waals surface area contributed by atoms with Gasteiger partial charge in [-0.15, -0.1) is 11.3 Å². The Morgan fingerprint density at radius 1 is 1.30 bits per heavy atom. The summed E-state index contributed by atoms with van der Waals surface area (Å²) in [4.78, 5) is 36.8. The van der Waals surface area contributed by atoms with Crippen LogP contribution in [0.4, 0.5) is 0 Å². The number of carbonyl (C=O) groups excluding carboxylic acids is 1. The summed E-state index contributed by atoms with van der Waals surface area (Å²) < 4.78 is 0. The largest absolute Gasteiger partial charge is 0.342 e. The summed E-state index contributed by atoms with van der Waals surface area (Å²) in [5.74, 6) is 1.12. The number of aryl methyl sites for hydroxylation is 1. The maximum absolute atomic E-state index is 12.6. The van der Waals surface area contributed by atoms with Gasteiger partial charge in [0.15, 0.2) is 5.16 Å². The van der Waals surface area contributed by atoms with Crippen LogP contribution in [0.3, 0.4) is 0 Å². The van der Waals surface area contributed by atoms with Crippen LogP contribution >= 0.6 is 23.1 Å². The van der Waals surface area contributed by atoms with E-state index in [-0.39, 0.29) is 11.5 Å². The Morgan fingerprint density at radius 3 is 2.85 bits per heavy atom. The topological polar surface area (TPSA) is 66.1 Å². The normalized spacial score (nSPS) is 20.6. The van der Waals surface area contributed by atoms with E-state index >= 15 is 0 Å². The molecule has 0 aliphatic heterocycles. The van der Waals surface area contributed by atoms with E-state index in [1.807, 2.05) is 11.9 Å². The molecule has 1 fully saturated rings. The van der Waals surface area contributed by atoms with E-state index in [2.05, 4.69) is 16.9 Å². The van der Waals surface area contributed by atoms with Gasteiger partial charge < -0.3 is 9.88 Å². The molecule has 0 saturated heterocycles. The molecule has 0 unspecified atom stereocenters. The van der Waals surface area contributed by atoms with E-state index in [4.69, 9.17) is 0 Å². The molecule has 1 atom stereocenters. The van der Waals surface area contributed by atoms with Crippen molar-refractivity contribution in [1.82, 2.24) is 14.9 Å². The summed E-state index contributed by atoms with van der Waals surface area (Å²) in [5, 5.41) is 1.33. The number of aromatic nitrogens is 2. The Balaban J connectivity index is 1.48. The minimum Gasteiger partial charge on any atom is -0.342 e. The Labute approximate surface area is 167 Å². The average Bonchev–Trinajstić information content (AvgIpc) is 3.03. The van der Waals surface area contributed by atoms with Crippen LogP contribution < -0.4 is 5.56 Å². The summed E-state index contributed by atoms with van der Waals surface area (Å²) in [6.45, 7) is 2.26. The molecule has 5 nitrogen and oxygen atoms in total. The minimum absolute atomic E-state index is 0.0531. The fourth-order valence-corrected chi connectivity index (χ4v) is 6.53. The Bertz CT molecular complexity index is 898. The van der Waals surface area contributed by atoms with Crippen molar-refractivity contribution in [3.8, 4) is 0 Å². The van der Waals surface area contributed by atoms with E-state index in [9.17, 15) is 9.59 Å². The summed E-state index contributed by atoms with van der Waals surface area (Å²) in [7, 11) is 1.91. The van der Waals surface area contributed by atoms with Crippen LogP contribution in [-0.4, -0.2) is 39.6 Å². The van der Waals surface area contributed by atoms with Gasteiger partial charge in [-0.2, -0.15) is 0 Å². The molecule has 0 aromatic carbocycles. The van der Waals surface area contributed by atoms with Gasteiger partial charge in [0.2, 0.25) is 5.91 Å². The first-order valence-electron chi connectivity index (χ1n) is 9.96. The predicted octanol–water partition coefficient (Wildman–Crippen LogP) is 3.99. The molecule has 2 aromatic rings. The number of carbonyl (C=O) groups is 1. The third kappa shape index (κ3) is 3.94. The average molecular weight is 406 g/mol. The van der Waals surface area contributed by atoms with Crippen LogP contribution in [0.5, 0.6) is 0 Å². The van der Waals surface area contributed by atoms with Crippen LogP contribution in [0.1, 0.15) is 55.9 Å². The van der Waals surface area contributed by atoms with Crippen molar-refractivity contribution in [3.05, 3.63) is 20.8 Å². The van der Waals surface area contributed by atoms with E-state index < -0.39 is 0 Å². The Morgan fingerprint density at radius 2 is 2.07 bits per heavy atom. The van der Waals surface area contributed by atoms with Crippen molar-refractivity contribution in [2.24, 2.45) is 5.92 Å². The highest BCUT2D eigenvalue weighted by atomic mass is 32.2. The van der Waals surface area contributed by atoms with Gasteiger partial charge in [-0.3, -0.25) is 9.59 Å². The van der Waals surface area contributed by atoms with Gasteiger partial charge in [0.25, 0.3) is 5.56 Å². The highest BCUT2D eigenvalue weighted by Gasteiger charge is 2.24. The van der Waals surface area contributed by atoms with Crippen LogP contribution in [0.25, 0.3) is 10.2 Å². The maximum atomic E-state index is 12.6. The zero-order valence-electron chi connectivity index (χ0n) is 16.0. The molecule has 4 rings (SSSR count). The number of hydrogen-bond donors (Lipinski definition) is 1. The lowest BCUT2D eigenvalue weighted by Gasteiger charge is -2.31. The predicted molar refractivity (Wildman–Crippen MR) is 112 cm³/mol. The molecule has 1 saturated carbocycles. The van der Waals surface area contributed by atoms with Gasteiger partial charge in [0.1, 0.15) is 4.83 Å². The second-order valence-corrected chi connectivity index (χ2v) is 10.0. The molecule has 2 aliphatic carbocycles. The van der Waals surface area contributed by atoms with E-state index in [0.717, 1.165) is 42.3 Å². The molecule has 7 heteroatoms. The van der Waals surface area contributed by atoms with Crippen LogP contribution in [-0.2, 0) is 17.6 Å². The summed E-state index contributed by atoms with van der Waals surface area (Å²) in [6, 6.07) is 0.368. The first-order chi connectivity index (χ1) is 13.0. The molecule has 0 spiro atoms. The first-order valence-corrected chi connectivity index (χ1v) is 11.8. The monoisotopic (exact) mass is 405 g/mol. The third-order valence-corrected chi connectivity index (χ3v) is 8.00. The van der Waals surface area contributed by atoms with E-state index in [0.29, 0.717) is 22.9 Å². The molecule has 146 valence electrons. The molecular formula is C20H27N3O2S2. The smallest absolute Gasteiger partial charge is 0.260 e. The molecule has 0 bridgehead atoms. The van der Waals surface area contributed by atoms with Crippen LogP contribution in [0.15, 0.2) is 9.95 Å². The molecule has 2 heterocycles. The molecule has 1 amide bonds. The van der Waals surface area contributed by atoms with Gasteiger partial charge >= 0.3 is 0 Å². The highest BCUT2D eigenvalue weighted by Crippen LogP contribution is 2.36. The Hall–Kier alpha value is -1.34. The number of hydrogen-bond acceptors (Lipinski definition) is 5. The molecule has 1 N–H and O–H groups in total. The maximum Gasteiger partial charge on any atom is 0.260 e. The van der Waals surface area contributed by atoms with Gasteiger partial charge in [-0.25, -0.2) is 4.98 Å². The van der Waals surface area contributed by atoms with Crippen molar-refractivity contribution in [2.45, 2.75) is 69.5 Å².